The zero-order valence-corrected chi connectivity index (χ0v) is 18.4. The van der Waals surface area contributed by atoms with Crippen molar-refractivity contribution in [3.63, 3.8) is 0 Å². The van der Waals surface area contributed by atoms with Crippen molar-refractivity contribution >= 4 is 11.2 Å². The molecule has 1 aliphatic carbocycles. The van der Waals surface area contributed by atoms with E-state index in [4.69, 9.17) is 14.2 Å². The van der Waals surface area contributed by atoms with Crippen LogP contribution in [0.1, 0.15) is 25.3 Å². The Balaban J connectivity index is 1.31. The molecular weight excluding hydrogens is 406 g/mol. The number of fused-ring (bicyclic) bond motifs is 2. The Labute approximate surface area is 185 Å². The monoisotopic (exact) mass is 431 g/mol. The molecule has 8 heteroatoms. The molecule has 8 nitrogen and oxygen atoms in total. The number of ether oxygens (including phenoxy) is 3. The Hall–Kier alpha value is -3.55. The average molecular weight is 431 g/mol. The van der Waals surface area contributed by atoms with E-state index in [0.29, 0.717) is 24.0 Å². The Morgan fingerprint density at radius 2 is 1.97 bits per heavy atom. The number of aryl methyl sites for hydroxylation is 1. The molecule has 2 aliphatic rings. The zero-order valence-electron chi connectivity index (χ0n) is 18.4. The van der Waals surface area contributed by atoms with Gasteiger partial charge in [-0.1, -0.05) is 0 Å². The minimum atomic E-state index is 0.0246. The van der Waals surface area contributed by atoms with Crippen LogP contribution in [0.3, 0.4) is 0 Å². The standard InChI is InChI=1S/C24H25N5O3/c1-14-22(16-4-5-16)32-23-20(30-3)6-15(7-21(23)31-14)11-29-13-26-19-8-17(9-25-24(19)29)18-10-27-28(2)12-18/h6-10,12-14,16,22H,4-5,11H2,1-3H3. The highest BCUT2D eigenvalue weighted by Crippen LogP contribution is 2.47. The molecule has 1 saturated carbocycles. The van der Waals surface area contributed by atoms with Gasteiger partial charge in [-0.3, -0.25) is 4.68 Å². The predicted octanol–water partition coefficient (Wildman–Crippen LogP) is 3.83. The van der Waals surface area contributed by atoms with Crippen LogP contribution in [0, 0.1) is 5.92 Å². The maximum absolute atomic E-state index is 6.32. The summed E-state index contributed by atoms with van der Waals surface area (Å²) in [6.45, 7) is 2.68. The van der Waals surface area contributed by atoms with Crippen LogP contribution in [0.4, 0.5) is 0 Å². The minimum Gasteiger partial charge on any atom is -0.493 e. The summed E-state index contributed by atoms with van der Waals surface area (Å²) in [7, 11) is 3.57. The number of nitrogens with zero attached hydrogens (tertiary/aromatic N) is 5. The largest absolute Gasteiger partial charge is 0.493 e. The first-order chi connectivity index (χ1) is 15.6. The van der Waals surface area contributed by atoms with Crippen LogP contribution in [0.2, 0.25) is 0 Å². The van der Waals surface area contributed by atoms with Crippen molar-refractivity contribution in [2.24, 2.45) is 13.0 Å². The van der Waals surface area contributed by atoms with Crippen LogP contribution in [-0.2, 0) is 13.6 Å². The summed E-state index contributed by atoms with van der Waals surface area (Å²) in [6.07, 6.45) is 10.0. The molecule has 1 fully saturated rings. The van der Waals surface area contributed by atoms with Gasteiger partial charge in [0.05, 0.1) is 26.2 Å². The molecule has 1 aliphatic heterocycles. The third-order valence-corrected chi connectivity index (χ3v) is 6.26. The van der Waals surface area contributed by atoms with Gasteiger partial charge < -0.3 is 18.8 Å². The summed E-state index contributed by atoms with van der Waals surface area (Å²) in [5.41, 5.74) is 4.73. The molecule has 3 aromatic heterocycles. The van der Waals surface area contributed by atoms with Crippen LogP contribution in [0.15, 0.2) is 43.1 Å². The van der Waals surface area contributed by atoms with Gasteiger partial charge in [-0.15, -0.1) is 0 Å². The van der Waals surface area contributed by atoms with Gasteiger partial charge in [-0.25, -0.2) is 9.97 Å². The SMILES string of the molecule is COc1cc(Cn2cnc3cc(-c4cnn(C)c4)cnc32)cc2c1OC(C1CC1)C(C)O2. The topological polar surface area (TPSA) is 76.2 Å². The lowest BCUT2D eigenvalue weighted by Crippen LogP contribution is -2.39. The fourth-order valence-electron chi connectivity index (χ4n) is 4.47. The molecule has 32 heavy (non-hydrogen) atoms. The van der Waals surface area contributed by atoms with Gasteiger partial charge in [-0.2, -0.15) is 5.10 Å². The molecule has 0 radical (unpaired) electrons. The lowest BCUT2D eigenvalue weighted by atomic mass is 10.1. The number of hydrogen-bond acceptors (Lipinski definition) is 6. The highest BCUT2D eigenvalue weighted by atomic mass is 16.6. The van der Waals surface area contributed by atoms with E-state index in [0.717, 1.165) is 33.6 Å². The Morgan fingerprint density at radius 3 is 2.72 bits per heavy atom. The third-order valence-electron chi connectivity index (χ3n) is 6.26. The second-order valence-electron chi connectivity index (χ2n) is 8.71. The molecular formula is C24H25N5O3. The first-order valence-corrected chi connectivity index (χ1v) is 10.9. The quantitative estimate of drug-likeness (QED) is 0.478. The lowest BCUT2D eigenvalue weighted by molar-refractivity contribution is 0.0161. The van der Waals surface area contributed by atoms with E-state index in [1.54, 1.807) is 11.8 Å². The van der Waals surface area contributed by atoms with Gasteiger partial charge >= 0.3 is 0 Å². The van der Waals surface area contributed by atoms with Crippen LogP contribution in [-0.4, -0.2) is 43.6 Å². The molecule has 0 N–H and O–H groups in total. The first kappa shape index (κ1) is 19.2. The minimum absolute atomic E-state index is 0.0246. The number of pyridine rings is 1. The van der Waals surface area contributed by atoms with E-state index in [2.05, 4.69) is 22.0 Å². The molecule has 2 atom stereocenters. The van der Waals surface area contributed by atoms with Crippen LogP contribution in [0.25, 0.3) is 22.3 Å². The summed E-state index contributed by atoms with van der Waals surface area (Å²) in [4.78, 5) is 9.25. The van der Waals surface area contributed by atoms with Crippen LogP contribution >= 0.6 is 0 Å². The molecule has 0 saturated heterocycles. The Morgan fingerprint density at radius 1 is 1.09 bits per heavy atom. The number of aromatic nitrogens is 5. The predicted molar refractivity (Wildman–Crippen MR) is 119 cm³/mol. The molecule has 0 amide bonds. The second kappa shape index (κ2) is 7.25. The summed E-state index contributed by atoms with van der Waals surface area (Å²) in [5, 5.41) is 4.24. The maximum atomic E-state index is 6.32. The number of rotatable bonds is 5. The first-order valence-electron chi connectivity index (χ1n) is 10.9. The number of imidazole rings is 1. The second-order valence-corrected chi connectivity index (χ2v) is 8.71. The summed E-state index contributed by atoms with van der Waals surface area (Å²) in [5.74, 6) is 2.73. The number of methoxy groups -OCH3 is 1. The fourth-order valence-corrected chi connectivity index (χ4v) is 4.47. The molecule has 4 heterocycles. The maximum Gasteiger partial charge on any atom is 0.204 e. The fraction of sp³-hybridized carbons (Fsp3) is 0.375. The van der Waals surface area contributed by atoms with Gasteiger partial charge in [0.1, 0.15) is 17.7 Å². The van der Waals surface area contributed by atoms with E-state index >= 15 is 0 Å². The Kier molecular flexibility index (Phi) is 4.34. The lowest BCUT2D eigenvalue weighted by Gasteiger charge is -2.33. The van der Waals surface area contributed by atoms with Crippen molar-refractivity contribution in [1.29, 1.82) is 0 Å². The molecule has 0 bridgehead atoms. The average Bonchev–Trinajstić information content (AvgIpc) is 3.42. The molecule has 2 unspecified atom stereocenters. The highest BCUT2D eigenvalue weighted by molar-refractivity contribution is 5.77. The normalized spacial score (nSPS) is 20.0. The van der Waals surface area contributed by atoms with Gasteiger partial charge in [-0.05, 0) is 49.4 Å². The Bertz CT molecular complexity index is 1310. The van der Waals surface area contributed by atoms with Crippen molar-refractivity contribution in [3.05, 3.63) is 48.7 Å². The van der Waals surface area contributed by atoms with Gasteiger partial charge in [0.25, 0.3) is 0 Å². The molecule has 164 valence electrons. The number of benzene rings is 1. The van der Waals surface area contributed by atoms with E-state index in [1.807, 2.05) is 54.7 Å². The van der Waals surface area contributed by atoms with Crippen LogP contribution < -0.4 is 14.2 Å². The van der Waals surface area contributed by atoms with E-state index in [1.165, 1.54) is 12.8 Å². The highest BCUT2D eigenvalue weighted by Gasteiger charge is 2.41. The molecule has 1 aromatic carbocycles. The van der Waals surface area contributed by atoms with Crippen molar-refractivity contribution < 1.29 is 14.2 Å². The van der Waals surface area contributed by atoms with Gasteiger partial charge in [0.15, 0.2) is 17.1 Å². The van der Waals surface area contributed by atoms with Crippen molar-refractivity contribution in [2.75, 3.05) is 7.11 Å². The number of hydrogen-bond donors (Lipinski definition) is 0. The molecule has 0 spiro atoms. The van der Waals surface area contributed by atoms with Crippen molar-refractivity contribution in [3.8, 4) is 28.4 Å². The van der Waals surface area contributed by atoms with Gasteiger partial charge in [0.2, 0.25) is 5.75 Å². The third kappa shape index (κ3) is 3.26. The van der Waals surface area contributed by atoms with Crippen molar-refractivity contribution in [2.45, 2.75) is 38.5 Å². The van der Waals surface area contributed by atoms with Crippen molar-refractivity contribution in [1.82, 2.24) is 24.3 Å². The molecule has 6 rings (SSSR count). The summed E-state index contributed by atoms with van der Waals surface area (Å²) >= 11 is 0. The van der Waals surface area contributed by atoms with E-state index in [-0.39, 0.29) is 12.2 Å². The van der Waals surface area contributed by atoms with Gasteiger partial charge in [0, 0.05) is 30.6 Å². The van der Waals surface area contributed by atoms with E-state index in [9.17, 15) is 0 Å². The molecule has 4 aromatic rings. The smallest absolute Gasteiger partial charge is 0.204 e. The van der Waals surface area contributed by atoms with Crippen LogP contribution in [0.5, 0.6) is 17.2 Å². The summed E-state index contributed by atoms with van der Waals surface area (Å²) < 4.78 is 22.0. The zero-order chi connectivity index (χ0) is 21.8. The summed E-state index contributed by atoms with van der Waals surface area (Å²) in [6, 6.07) is 6.09. The van der Waals surface area contributed by atoms with E-state index < -0.39 is 0 Å².